The Bertz CT molecular complexity index is 1040. The van der Waals surface area contributed by atoms with Crippen LogP contribution in [0.4, 0.5) is 20.4 Å². The predicted octanol–water partition coefficient (Wildman–Crippen LogP) is 5.22. The normalized spacial score (nSPS) is 11.7. The minimum absolute atomic E-state index is 0.151. The minimum Gasteiger partial charge on any atom is -0.442 e. The summed E-state index contributed by atoms with van der Waals surface area (Å²) in [6.45, 7) is 11.6. The lowest BCUT2D eigenvalue weighted by atomic mass is 10.1. The number of nitrogens with one attached hydrogen (secondary N) is 2. The third-order valence-corrected chi connectivity index (χ3v) is 4.77. The van der Waals surface area contributed by atoms with E-state index in [9.17, 15) is 14.4 Å². The highest BCUT2D eigenvalue weighted by Crippen LogP contribution is 2.19. The number of rotatable bonds is 7. The van der Waals surface area contributed by atoms with Crippen molar-refractivity contribution in [1.82, 2.24) is 15.4 Å². The topological polar surface area (TPSA) is 122 Å². The smallest absolute Gasteiger partial charge is 0.439 e. The van der Waals surface area contributed by atoms with E-state index in [2.05, 4.69) is 20.7 Å². The number of hydrazine groups is 1. The van der Waals surface area contributed by atoms with Gasteiger partial charge < -0.3 is 14.8 Å². The summed E-state index contributed by atoms with van der Waals surface area (Å²) in [6.07, 6.45) is 0.837. The lowest BCUT2D eigenvalue weighted by Gasteiger charge is -2.27. The molecule has 0 saturated heterocycles. The van der Waals surface area contributed by atoms with E-state index in [1.807, 2.05) is 23.6 Å². The van der Waals surface area contributed by atoms with Crippen LogP contribution in [0, 0.1) is 0 Å². The number of ether oxygens (including phenoxy) is 2. The molecule has 3 amide bonds. The Hall–Kier alpha value is -3.47. The number of aromatic nitrogens is 1. The number of anilines is 1. The molecule has 0 bridgehead atoms. The number of carbonyl (C=O) groups excluding carboxylic acids is 3. The number of thiazole rings is 1. The van der Waals surface area contributed by atoms with Crippen molar-refractivity contribution in [2.45, 2.75) is 72.5 Å². The standard InChI is InChI=1S/C24H33N5O5S/c1-16(30)27-20-28-19(14-35-20)12-11-17-9-8-10-18(13-17)25-15-26-29(21(31)33-23(2,3)4)22(32)34-24(5,6)7/h8-10,13-15H,11-12H2,1-7H3,(H,25,26)(H,27,28,30). The van der Waals surface area contributed by atoms with E-state index < -0.39 is 23.4 Å². The Balaban J connectivity index is 2.04. The number of aryl methyl sites for hydroxylation is 2. The number of hydrogen-bond donors (Lipinski definition) is 2. The van der Waals surface area contributed by atoms with E-state index in [4.69, 9.17) is 9.47 Å². The third-order valence-electron chi connectivity index (χ3n) is 3.97. The van der Waals surface area contributed by atoms with Gasteiger partial charge in [0.1, 0.15) is 17.5 Å². The summed E-state index contributed by atoms with van der Waals surface area (Å²) in [5, 5.41) is 5.81. The molecule has 1 aromatic carbocycles. The molecule has 11 heteroatoms. The lowest BCUT2D eigenvalue weighted by molar-refractivity contribution is -0.114. The zero-order chi connectivity index (χ0) is 26.2. The number of benzene rings is 1. The molecular weight excluding hydrogens is 470 g/mol. The minimum atomic E-state index is -0.908. The summed E-state index contributed by atoms with van der Waals surface area (Å²) < 4.78 is 10.6. The van der Waals surface area contributed by atoms with Crippen LogP contribution in [0.15, 0.2) is 34.6 Å². The van der Waals surface area contributed by atoms with Crippen LogP contribution in [0.3, 0.4) is 0 Å². The molecule has 0 unspecified atom stereocenters. The van der Waals surface area contributed by atoms with Crippen LogP contribution in [0.2, 0.25) is 0 Å². The molecule has 2 N–H and O–H groups in total. The van der Waals surface area contributed by atoms with Crippen molar-refractivity contribution < 1.29 is 23.9 Å². The van der Waals surface area contributed by atoms with Gasteiger partial charge in [0.25, 0.3) is 0 Å². The zero-order valence-corrected chi connectivity index (χ0v) is 22.0. The van der Waals surface area contributed by atoms with E-state index in [0.717, 1.165) is 17.7 Å². The summed E-state index contributed by atoms with van der Waals surface area (Å²) in [7, 11) is 0. The Morgan fingerprint density at radius 2 is 1.69 bits per heavy atom. The Morgan fingerprint density at radius 3 is 2.26 bits per heavy atom. The fraction of sp³-hybridized carbons (Fsp3) is 0.458. The molecule has 0 atom stereocenters. The average Bonchev–Trinajstić information content (AvgIpc) is 3.13. The van der Waals surface area contributed by atoms with Gasteiger partial charge in [0.05, 0.1) is 11.4 Å². The van der Waals surface area contributed by atoms with Gasteiger partial charge in [-0.2, -0.15) is 0 Å². The first-order valence-electron chi connectivity index (χ1n) is 11.1. The first-order chi connectivity index (χ1) is 16.2. The molecule has 10 nitrogen and oxygen atoms in total. The van der Waals surface area contributed by atoms with Crippen LogP contribution in [0.5, 0.6) is 0 Å². The number of carbonyl (C=O) groups is 3. The highest BCUT2D eigenvalue weighted by atomic mass is 32.1. The van der Waals surface area contributed by atoms with Crippen molar-refractivity contribution in [2.75, 3.05) is 5.32 Å². The molecule has 0 aliphatic heterocycles. The molecule has 35 heavy (non-hydrogen) atoms. The molecule has 190 valence electrons. The van der Waals surface area contributed by atoms with Crippen molar-refractivity contribution >= 4 is 46.6 Å². The van der Waals surface area contributed by atoms with Gasteiger partial charge in [-0.3, -0.25) is 10.2 Å². The molecule has 0 aliphatic rings. The van der Waals surface area contributed by atoms with Crippen molar-refractivity contribution in [2.24, 2.45) is 4.99 Å². The SMILES string of the molecule is CC(=O)Nc1nc(CCc2cccc(N=CNN(C(=O)OC(C)(C)C)C(=O)OC(C)(C)C)c2)cs1. The van der Waals surface area contributed by atoms with Gasteiger partial charge in [0, 0.05) is 12.3 Å². The zero-order valence-electron chi connectivity index (χ0n) is 21.2. The maximum Gasteiger partial charge on any atom is 0.439 e. The second kappa shape index (κ2) is 11.8. The Kier molecular flexibility index (Phi) is 9.35. The van der Waals surface area contributed by atoms with E-state index in [1.165, 1.54) is 24.6 Å². The highest BCUT2D eigenvalue weighted by Gasteiger charge is 2.31. The molecule has 0 spiro atoms. The van der Waals surface area contributed by atoms with Crippen molar-refractivity contribution in [3.63, 3.8) is 0 Å². The van der Waals surface area contributed by atoms with Gasteiger partial charge in [0.2, 0.25) is 5.91 Å². The first kappa shape index (κ1) is 27.8. The summed E-state index contributed by atoms with van der Waals surface area (Å²) in [5.74, 6) is -0.151. The molecule has 1 heterocycles. The monoisotopic (exact) mass is 503 g/mol. The van der Waals surface area contributed by atoms with Gasteiger partial charge in [0.15, 0.2) is 5.13 Å². The second-order valence-electron chi connectivity index (χ2n) is 9.68. The second-order valence-corrected chi connectivity index (χ2v) is 10.5. The van der Waals surface area contributed by atoms with Crippen LogP contribution in [0.1, 0.15) is 59.7 Å². The molecule has 0 radical (unpaired) electrons. The van der Waals surface area contributed by atoms with Gasteiger partial charge in [-0.1, -0.05) is 12.1 Å². The fourth-order valence-electron chi connectivity index (χ4n) is 2.65. The summed E-state index contributed by atoms with van der Waals surface area (Å²) in [5.41, 5.74) is 3.50. The maximum atomic E-state index is 12.5. The van der Waals surface area contributed by atoms with Crippen molar-refractivity contribution in [3.05, 3.63) is 40.9 Å². The van der Waals surface area contributed by atoms with Crippen molar-refractivity contribution in [3.8, 4) is 0 Å². The van der Waals surface area contributed by atoms with E-state index >= 15 is 0 Å². The molecule has 0 aliphatic carbocycles. The largest absolute Gasteiger partial charge is 0.442 e. The van der Waals surface area contributed by atoms with Gasteiger partial charge >= 0.3 is 12.2 Å². The number of imide groups is 1. The number of amides is 3. The predicted molar refractivity (Wildman–Crippen MR) is 136 cm³/mol. The van der Waals surface area contributed by atoms with E-state index in [1.54, 1.807) is 47.6 Å². The number of nitrogens with zero attached hydrogens (tertiary/aromatic N) is 3. The Labute approximate surface area is 209 Å². The van der Waals surface area contributed by atoms with Crippen LogP contribution in [0.25, 0.3) is 0 Å². The molecule has 2 rings (SSSR count). The molecule has 1 aromatic heterocycles. The maximum absolute atomic E-state index is 12.5. The third kappa shape index (κ3) is 10.6. The van der Waals surface area contributed by atoms with E-state index in [-0.39, 0.29) is 5.91 Å². The summed E-state index contributed by atoms with van der Waals surface area (Å²) in [6, 6.07) is 7.53. The van der Waals surface area contributed by atoms with Gasteiger partial charge in [-0.15, -0.1) is 16.3 Å². The number of aliphatic imine (C=N–C) groups is 1. The van der Waals surface area contributed by atoms with Gasteiger partial charge in [-0.25, -0.2) is 19.6 Å². The fourth-order valence-corrected chi connectivity index (χ4v) is 3.44. The first-order valence-corrected chi connectivity index (χ1v) is 12.0. The lowest BCUT2D eigenvalue weighted by Crippen LogP contribution is -2.50. The van der Waals surface area contributed by atoms with Crippen LogP contribution < -0.4 is 10.7 Å². The Morgan fingerprint density at radius 1 is 1.06 bits per heavy atom. The molecule has 0 fully saturated rings. The van der Waals surface area contributed by atoms with Crippen LogP contribution in [-0.2, 0) is 27.1 Å². The molecule has 0 saturated carbocycles. The number of hydrogen-bond acceptors (Lipinski definition) is 8. The van der Waals surface area contributed by atoms with Gasteiger partial charge in [-0.05, 0) is 72.1 Å². The quantitative estimate of drug-likeness (QED) is 0.302. The highest BCUT2D eigenvalue weighted by molar-refractivity contribution is 7.13. The summed E-state index contributed by atoms with van der Waals surface area (Å²) in [4.78, 5) is 44.9. The molecule has 2 aromatic rings. The molecular formula is C24H33N5O5S. The van der Waals surface area contributed by atoms with Crippen LogP contribution >= 0.6 is 11.3 Å². The average molecular weight is 504 g/mol. The van der Waals surface area contributed by atoms with Crippen molar-refractivity contribution in [1.29, 1.82) is 0 Å². The summed E-state index contributed by atoms with van der Waals surface area (Å²) >= 11 is 1.39. The van der Waals surface area contributed by atoms with Crippen LogP contribution in [-0.4, -0.2) is 45.6 Å². The van der Waals surface area contributed by atoms with E-state index in [0.29, 0.717) is 22.2 Å².